The average molecular weight is 419 g/mol. The van der Waals surface area contributed by atoms with Gasteiger partial charge in [0.15, 0.2) is 5.82 Å². The van der Waals surface area contributed by atoms with E-state index in [4.69, 9.17) is 4.74 Å². The Morgan fingerprint density at radius 2 is 1.97 bits per heavy atom. The van der Waals surface area contributed by atoms with Crippen molar-refractivity contribution in [2.75, 3.05) is 25.5 Å². The van der Waals surface area contributed by atoms with Gasteiger partial charge in [-0.05, 0) is 67.1 Å². The molecular formula is C22H25N7O2. The predicted octanol–water partition coefficient (Wildman–Crippen LogP) is 3.30. The van der Waals surface area contributed by atoms with Crippen molar-refractivity contribution in [1.82, 2.24) is 29.9 Å². The molecule has 9 heteroatoms. The number of aromatic nitrogens is 5. The van der Waals surface area contributed by atoms with Crippen LogP contribution in [0.5, 0.6) is 0 Å². The van der Waals surface area contributed by atoms with Gasteiger partial charge in [-0.25, -0.2) is 4.98 Å². The van der Waals surface area contributed by atoms with Gasteiger partial charge in [-0.2, -0.15) is 4.52 Å². The van der Waals surface area contributed by atoms with Gasteiger partial charge in [-0.3, -0.25) is 4.79 Å². The quantitative estimate of drug-likeness (QED) is 0.468. The molecule has 0 bridgehead atoms. The molecular weight excluding hydrogens is 394 g/mol. The van der Waals surface area contributed by atoms with Crippen molar-refractivity contribution in [2.45, 2.75) is 26.4 Å². The van der Waals surface area contributed by atoms with Gasteiger partial charge in [-0.15, -0.1) is 5.10 Å². The molecule has 1 amide bonds. The van der Waals surface area contributed by atoms with Crippen LogP contribution in [-0.2, 0) is 4.74 Å². The van der Waals surface area contributed by atoms with Gasteiger partial charge in [0.05, 0.1) is 17.1 Å². The number of carbonyl (C=O) groups is 1. The van der Waals surface area contributed by atoms with Crippen LogP contribution in [0.3, 0.4) is 0 Å². The van der Waals surface area contributed by atoms with E-state index >= 15 is 0 Å². The van der Waals surface area contributed by atoms with E-state index in [1.165, 1.54) is 0 Å². The SMILES string of the molecule is CCN(CCC(C)OC)C(=O)c1ccc(Nc2nc3ccccc3n3nnnc23)cc1. The molecule has 0 fully saturated rings. The molecule has 4 aromatic rings. The van der Waals surface area contributed by atoms with Crippen molar-refractivity contribution < 1.29 is 9.53 Å². The van der Waals surface area contributed by atoms with Crippen LogP contribution in [0.25, 0.3) is 16.7 Å². The van der Waals surface area contributed by atoms with E-state index in [0.29, 0.717) is 30.1 Å². The number of hydrogen-bond acceptors (Lipinski definition) is 7. The number of nitrogens with zero attached hydrogens (tertiary/aromatic N) is 6. The summed E-state index contributed by atoms with van der Waals surface area (Å²) in [5.74, 6) is 0.553. The number of amides is 1. The fourth-order valence-corrected chi connectivity index (χ4v) is 3.36. The second kappa shape index (κ2) is 9.05. The summed E-state index contributed by atoms with van der Waals surface area (Å²) in [6.45, 7) is 5.29. The number of anilines is 2. The molecule has 0 radical (unpaired) electrons. The van der Waals surface area contributed by atoms with Crippen LogP contribution >= 0.6 is 0 Å². The molecule has 9 nitrogen and oxygen atoms in total. The highest BCUT2D eigenvalue weighted by Crippen LogP contribution is 2.23. The van der Waals surface area contributed by atoms with Crippen LogP contribution in [-0.4, -0.2) is 62.1 Å². The summed E-state index contributed by atoms with van der Waals surface area (Å²) in [6, 6.07) is 15.0. The summed E-state index contributed by atoms with van der Waals surface area (Å²) < 4.78 is 6.94. The molecule has 0 aliphatic heterocycles. The van der Waals surface area contributed by atoms with Crippen molar-refractivity contribution in [3.05, 3.63) is 54.1 Å². The standard InChI is InChI=1S/C22H25N7O2/c1-4-28(14-13-15(2)31-3)22(30)16-9-11-17(12-10-16)23-20-21-25-26-27-29(21)19-8-6-5-7-18(19)24-20/h5-12,15H,4,13-14H2,1-3H3,(H,23,24). The Bertz CT molecular complexity index is 1190. The monoisotopic (exact) mass is 419 g/mol. The number of methoxy groups -OCH3 is 1. The molecule has 160 valence electrons. The lowest BCUT2D eigenvalue weighted by molar-refractivity contribution is 0.0687. The summed E-state index contributed by atoms with van der Waals surface area (Å²) in [5.41, 5.74) is 3.57. The number of para-hydroxylation sites is 2. The first-order valence-corrected chi connectivity index (χ1v) is 10.3. The lowest BCUT2D eigenvalue weighted by Gasteiger charge is -2.22. The summed E-state index contributed by atoms with van der Waals surface area (Å²) >= 11 is 0. The van der Waals surface area contributed by atoms with Crippen molar-refractivity contribution in [2.24, 2.45) is 0 Å². The predicted molar refractivity (Wildman–Crippen MR) is 118 cm³/mol. The maximum Gasteiger partial charge on any atom is 0.253 e. The van der Waals surface area contributed by atoms with Gasteiger partial charge < -0.3 is 15.0 Å². The van der Waals surface area contributed by atoms with Crippen molar-refractivity contribution >= 4 is 34.1 Å². The van der Waals surface area contributed by atoms with E-state index in [0.717, 1.165) is 23.1 Å². The normalized spacial score (nSPS) is 12.2. The number of tetrazole rings is 1. The second-order valence-electron chi connectivity index (χ2n) is 7.29. The Morgan fingerprint density at radius 3 is 2.71 bits per heavy atom. The van der Waals surface area contributed by atoms with E-state index in [9.17, 15) is 4.79 Å². The van der Waals surface area contributed by atoms with Gasteiger partial charge in [0, 0.05) is 31.5 Å². The van der Waals surface area contributed by atoms with Gasteiger partial charge in [-0.1, -0.05) is 12.1 Å². The molecule has 2 aromatic carbocycles. The molecule has 1 atom stereocenters. The van der Waals surface area contributed by atoms with Crippen LogP contribution < -0.4 is 5.32 Å². The number of benzene rings is 2. The van der Waals surface area contributed by atoms with Gasteiger partial charge in [0.1, 0.15) is 0 Å². The largest absolute Gasteiger partial charge is 0.382 e. The Hall–Kier alpha value is -3.59. The van der Waals surface area contributed by atoms with Crippen molar-refractivity contribution in [1.29, 1.82) is 0 Å². The molecule has 1 unspecified atom stereocenters. The zero-order chi connectivity index (χ0) is 21.8. The molecule has 2 heterocycles. The molecule has 0 saturated carbocycles. The molecule has 0 aliphatic carbocycles. The summed E-state index contributed by atoms with van der Waals surface area (Å²) in [5, 5.41) is 15.2. The highest BCUT2D eigenvalue weighted by Gasteiger charge is 2.16. The summed E-state index contributed by atoms with van der Waals surface area (Å²) in [7, 11) is 1.68. The fourth-order valence-electron chi connectivity index (χ4n) is 3.36. The summed E-state index contributed by atoms with van der Waals surface area (Å²) in [6.07, 6.45) is 0.914. The van der Waals surface area contributed by atoms with E-state index in [2.05, 4.69) is 25.8 Å². The lowest BCUT2D eigenvalue weighted by atomic mass is 10.1. The molecule has 0 aliphatic rings. The number of nitrogens with one attached hydrogen (secondary N) is 1. The number of carbonyl (C=O) groups excluding carboxylic acids is 1. The second-order valence-corrected chi connectivity index (χ2v) is 7.29. The first-order valence-electron chi connectivity index (χ1n) is 10.3. The van der Waals surface area contributed by atoms with Crippen LogP contribution in [0.2, 0.25) is 0 Å². The topological polar surface area (TPSA) is 97.5 Å². The maximum atomic E-state index is 12.9. The van der Waals surface area contributed by atoms with Crippen LogP contribution in [0, 0.1) is 0 Å². The molecule has 2 aromatic heterocycles. The minimum Gasteiger partial charge on any atom is -0.382 e. The zero-order valence-electron chi connectivity index (χ0n) is 17.8. The van der Waals surface area contributed by atoms with Gasteiger partial charge >= 0.3 is 0 Å². The number of ether oxygens (including phenoxy) is 1. The fraction of sp³-hybridized carbons (Fsp3) is 0.318. The lowest BCUT2D eigenvalue weighted by Crippen LogP contribution is -2.33. The molecule has 31 heavy (non-hydrogen) atoms. The molecule has 4 rings (SSSR count). The first-order chi connectivity index (χ1) is 15.1. The van der Waals surface area contributed by atoms with Gasteiger partial charge in [0.2, 0.25) is 5.65 Å². The van der Waals surface area contributed by atoms with E-state index < -0.39 is 0 Å². The zero-order valence-corrected chi connectivity index (χ0v) is 17.8. The first kappa shape index (κ1) is 20.7. The molecule has 0 saturated heterocycles. The van der Waals surface area contributed by atoms with Crippen LogP contribution in [0.1, 0.15) is 30.6 Å². The third-order valence-corrected chi connectivity index (χ3v) is 5.29. The Labute approximate surface area is 180 Å². The third-order valence-electron chi connectivity index (χ3n) is 5.29. The van der Waals surface area contributed by atoms with E-state index in [1.807, 2.05) is 67.3 Å². The van der Waals surface area contributed by atoms with E-state index in [-0.39, 0.29) is 12.0 Å². The third kappa shape index (κ3) is 4.31. The molecule has 0 spiro atoms. The minimum atomic E-state index is 0.00484. The Kier molecular flexibility index (Phi) is 6.03. The van der Waals surface area contributed by atoms with Crippen LogP contribution in [0.15, 0.2) is 48.5 Å². The van der Waals surface area contributed by atoms with Crippen LogP contribution in [0.4, 0.5) is 11.5 Å². The van der Waals surface area contributed by atoms with Gasteiger partial charge in [0.25, 0.3) is 5.91 Å². The van der Waals surface area contributed by atoms with Crippen molar-refractivity contribution in [3.63, 3.8) is 0 Å². The maximum absolute atomic E-state index is 12.9. The van der Waals surface area contributed by atoms with E-state index in [1.54, 1.807) is 11.6 Å². The smallest absolute Gasteiger partial charge is 0.253 e. The minimum absolute atomic E-state index is 0.00484. The highest BCUT2D eigenvalue weighted by molar-refractivity contribution is 5.94. The number of rotatable bonds is 8. The van der Waals surface area contributed by atoms with Crippen molar-refractivity contribution in [3.8, 4) is 0 Å². The molecule has 1 N–H and O–H groups in total. The number of hydrogen-bond donors (Lipinski definition) is 1. The Balaban J connectivity index is 1.53. The Morgan fingerprint density at radius 1 is 1.19 bits per heavy atom. The average Bonchev–Trinajstić information content (AvgIpc) is 3.30. The number of fused-ring (bicyclic) bond motifs is 3. The highest BCUT2D eigenvalue weighted by atomic mass is 16.5. The summed E-state index contributed by atoms with van der Waals surface area (Å²) in [4.78, 5) is 19.3.